The average molecular weight is 653 g/mol. The summed E-state index contributed by atoms with van der Waals surface area (Å²) in [6, 6.07) is 11.3. The van der Waals surface area contributed by atoms with Crippen molar-refractivity contribution in [3.8, 4) is 0 Å². The minimum Gasteiger partial charge on any atom is -0.478 e. The van der Waals surface area contributed by atoms with E-state index in [0.717, 1.165) is 63.0 Å². The van der Waals surface area contributed by atoms with Gasteiger partial charge in [-0.25, -0.2) is 4.79 Å². The van der Waals surface area contributed by atoms with Gasteiger partial charge in [0, 0.05) is 69.0 Å². The van der Waals surface area contributed by atoms with Crippen LogP contribution in [0.25, 0.3) is 0 Å². The Morgan fingerprint density at radius 3 is 1.26 bits per heavy atom. The van der Waals surface area contributed by atoms with Gasteiger partial charge in [-0.15, -0.1) is 0 Å². The van der Waals surface area contributed by atoms with E-state index in [-0.39, 0.29) is 23.3 Å². The number of carbonyl (C=O) groups is 4. The summed E-state index contributed by atoms with van der Waals surface area (Å²) in [6.07, 6.45) is 3.90. The van der Waals surface area contributed by atoms with Crippen molar-refractivity contribution in [1.82, 2.24) is 29.8 Å². The Bertz CT molecular complexity index is 1360. The summed E-state index contributed by atoms with van der Waals surface area (Å²) in [5.74, 6) is -1.12. The molecule has 2 saturated heterocycles. The van der Waals surface area contributed by atoms with Crippen LogP contribution in [0.15, 0.2) is 36.4 Å². The van der Waals surface area contributed by atoms with Crippen molar-refractivity contribution < 1.29 is 24.3 Å². The molecule has 0 atom stereocenters. The van der Waals surface area contributed by atoms with Crippen LogP contribution < -0.4 is 5.32 Å². The molecule has 260 valence electrons. The summed E-state index contributed by atoms with van der Waals surface area (Å²) < 4.78 is 0. The first kappa shape index (κ1) is 39.4. The van der Waals surface area contributed by atoms with Gasteiger partial charge in [0.05, 0.1) is 5.56 Å². The Labute approximate surface area is 281 Å². The number of hydrogen-bond donors (Lipinski definition) is 2. The number of rotatable bonds is 6. The molecule has 47 heavy (non-hydrogen) atoms. The Hall–Kier alpha value is -3.80. The van der Waals surface area contributed by atoms with Gasteiger partial charge in [-0.1, -0.05) is 0 Å². The lowest BCUT2D eigenvalue weighted by atomic mass is 10.0. The van der Waals surface area contributed by atoms with Gasteiger partial charge in [0.2, 0.25) is 0 Å². The third kappa shape index (κ3) is 11.7. The van der Waals surface area contributed by atoms with Crippen LogP contribution in [0.4, 0.5) is 0 Å². The van der Waals surface area contributed by atoms with Gasteiger partial charge in [0.15, 0.2) is 0 Å². The molecule has 2 fully saturated rings. The summed E-state index contributed by atoms with van der Waals surface area (Å²) in [5.41, 5.74) is 3.54. The van der Waals surface area contributed by atoms with Crippen LogP contribution in [0.3, 0.4) is 0 Å². The first-order chi connectivity index (χ1) is 22.1. The SMILES string of the molecule is CNC.Cc1cc(C(=O)N(C)C)cc(C(=O)N2CCC(N(C)C)CC2)c1.Cc1cc(C(=O)O)cc(C(=O)N2CCC(N(C)C)CC2)c1. The van der Waals surface area contributed by atoms with E-state index in [0.29, 0.717) is 28.8 Å². The standard InChI is InChI=1S/C18H27N3O2.C16H22N2O3.C2H7N/c1-13-10-14(17(22)20(4)5)12-15(11-13)18(23)21-8-6-16(7-9-21)19(2)3;1-11-8-12(10-13(9-11)16(20)21)15(19)18-6-4-14(5-7-18)17(2)3;1-3-2/h10-12,16H,6-9H2,1-5H3;8-10,14H,4-7H2,1-3H3,(H,20,21);3H,1-2H3. The molecule has 2 N–H and O–H groups in total. The first-order valence-corrected chi connectivity index (χ1v) is 16.3. The molecule has 2 aromatic carbocycles. The van der Waals surface area contributed by atoms with Crippen LogP contribution in [0.5, 0.6) is 0 Å². The maximum absolute atomic E-state index is 12.8. The largest absolute Gasteiger partial charge is 0.478 e. The lowest BCUT2D eigenvalue weighted by Crippen LogP contribution is -2.44. The van der Waals surface area contributed by atoms with E-state index in [9.17, 15) is 19.2 Å². The Kier molecular flexibility index (Phi) is 15.5. The fourth-order valence-electron chi connectivity index (χ4n) is 5.85. The Balaban J connectivity index is 0.000000303. The van der Waals surface area contributed by atoms with Crippen molar-refractivity contribution in [2.75, 3.05) is 82.6 Å². The number of carbonyl (C=O) groups excluding carboxylic acids is 3. The number of carboxylic acid groups (broad SMARTS) is 1. The van der Waals surface area contributed by atoms with Gasteiger partial charge >= 0.3 is 5.97 Å². The summed E-state index contributed by atoms with van der Waals surface area (Å²) in [5, 5.41) is 11.8. The molecule has 0 radical (unpaired) electrons. The van der Waals surface area contributed by atoms with E-state index in [1.807, 2.05) is 49.9 Å². The summed E-state index contributed by atoms with van der Waals surface area (Å²) in [7, 11) is 15.5. The van der Waals surface area contributed by atoms with Crippen molar-refractivity contribution in [2.24, 2.45) is 0 Å². The number of likely N-dealkylation sites (tertiary alicyclic amines) is 2. The maximum atomic E-state index is 12.8. The number of benzene rings is 2. The summed E-state index contributed by atoms with van der Waals surface area (Å²) >= 11 is 0. The van der Waals surface area contributed by atoms with E-state index >= 15 is 0 Å². The zero-order valence-electron chi connectivity index (χ0n) is 30.1. The number of carboxylic acids is 1. The fraction of sp³-hybridized carbons (Fsp3) is 0.556. The van der Waals surface area contributed by atoms with Gasteiger partial charge in [-0.2, -0.15) is 0 Å². The Morgan fingerprint density at radius 1 is 0.617 bits per heavy atom. The summed E-state index contributed by atoms with van der Waals surface area (Å²) in [6.45, 7) is 6.71. The molecule has 4 rings (SSSR count). The molecule has 0 saturated carbocycles. The van der Waals surface area contributed by atoms with Crippen LogP contribution in [-0.2, 0) is 0 Å². The zero-order chi connectivity index (χ0) is 35.4. The lowest BCUT2D eigenvalue weighted by molar-refractivity contribution is 0.0655. The third-order valence-electron chi connectivity index (χ3n) is 8.51. The maximum Gasteiger partial charge on any atom is 0.335 e. The van der Waals surface area contributed by atoms with E-state index in [1.54, 1.807) is 32.3 Å². The highest BCUT2D eigenvalue weighted by molar-refractivity contribution is 6.00. The molecule has 2 aliphatic rings. The molecule has 0 bridgehead atoms. The van der Waals surface area contributed by atoms with Crippen molar-refractivity contribution in [3.63, 3.8) is 0 Å². The molecule has 0 unspecified atom stereocenters. The highest BCUT2D eigenvalue weighted by atomic mass is 16.4. The van der Waals surface area contributed by atoms with Crippen LogP contribution in [0, 0.1) is 13.8 Å². The summed E-state index contributed by atoms with van der Waals surface area (Å²) in [4.78, 5) is 58.2. The van der Waals surface area contributed by atoms with Gasteiger partial charge in [-0.3, -0.25) is 14.4 Å². The van der Waals surface area contributed by atoms with Gasteiger partial charge < -0.3 is 34.9 Å². The number of aryl methyl sites for hydroxylation is 2. The number of nitrogens with zero attached hydrogens (tertiary/aromatic N) is 5. The predicted molar refractivity (Wildman–Crippen MR) is 188 cm³/mol. The number of piperidine rings is 2. The third-order valence-corrected chi connectivity index (χ3v) is 8.51. The van der Waals surface area contributed by atoms with E-state index in [1.165, 1.54) is 11.0 Å². The van der Waals surface area contributed by atoms with E-state index in [4.69, 9.17) is 5.11 Å². The van der Waals surface area contributed by atoms with Crippen LogP contribution >= 0.6 is 0 Å². The first-order valence-electron chi connectivity index (χ1n) is 16.3. The molecule has 3 amide bonds. The molecule has 2 heterocycles. The molecule has 11 heteroatoms. The number of aromatic carboxylic acids is 1. The average Bonchev–Trinajstić information content (AvgIpc) is 3.03. The van der Waals surface area contributed by atoms with E-state index in [2.05, 4.69) is 43.3 Å². The van der Waals surface area contributed by atoms with E-state index < -0.39 is 5.97 Å². The van der Waals surface area contributed by atoms with Gasteiger partial charge in [-0.05, 0) is 129 Å². The molecule has 0 aromatic heterocycles. The minimum atomic E-state index is -1.00. The van der Waals surface area contributed by atoms with Crippen LogP contribution in [0.2, 0.25) is 0 Å². The van der Waals surface area contributed by atoms with Crippen molar-refractivity contribution in [3.05, 3.63) is 69.8 Å². The molecule has 0 aliphatic carbocycles. The van der Waals surface area contributed by atoms with Crippen molar-refractivity contribution in [1.29, 1.82) is 0 Å². The van der Waals surface area contributed by atoms with Gasteiger partial charge in [0.1, 0.15) is 0 Å². The smallest absolute Gasteiger partial charge is 0.335 e. The minimum absolute atomic E-state index is 0.0266. The quantitative estimate of drug-likeness (QED) is 0.487. The molecule has 2 aliphatic heterocycles. The highest BCUT2D eigenvalue weighted by Gasteiger charge is 2.26. The second kappa shape index (κ2) is 18.5. The second-order valence-electron chi connectivity index (χ2n) is 13.2. The van der Waals surface area contributed by atoms with Crippen LogP contribution in [0.1, 0.15) is 78.2 Å². The number of amides is 3. The van der Waals surface area contributed by atoms with Crippen molar-refractivity contribution >= 4 is 23.7 Å². The second-order valence-corrected chi connectivity index (χ2v) is 13.2. The topological polar surface area (TPSA) is 117 Å². The number of hydrogen-bond acceptors (Lipinski definition) is 7. The molecular formula is C36H56N6O5. The van der Waals surface area contributed by atoms with Gasteiger partial charge in [0.25, 0.3) is 17.7 Å². The Morgan fingerprint density at radius 2 is 0.936 bits per heavy atom. The number of nitrogens with one attached hydrogen (secondary N) is 1. The monoisotopic (exact) mass is 652 g/mol. The normalized spacial score (nSPS) is 15.4. The molecular weight excluding hydrogens is 596 g/mol. The molecule has 2 aromatic rings. The molecule has 0 spiro atoms. The van der Waals surface area contributed by atoms with Crippen LogP contribution in [-0.4, -0.2) is 148 Å². The van der Waals surface area contributed by atoms with Crippen molar-refractivity contribution in [2.45, 2.75) is 51.6 Å². The molecule has 11 nitrogen and oxygen atoms in total. The zero-order valence-corrected chi connectivity index (χ0v) is 30.1. The fourth-order valence-corrected chi connectivity index (χ4v) is 5.85. The highest BCUT2D eigenvalue weighted by Crippen LogP contribution is 2.20. The predicted octanol–water partition coefficient (Wildman–Crippen LogP) is 3.56. The lowest BCUT2D eigenvalue weighted by Gasteiger charge is -2.35.